The highest BCUT2D eigenvalue weighted by molar-refractivity contribution is 5.97. The van der Waals surface area contributed by atoms with E-state index in [4.69, 9.17) is 5.73 Å². The number of amides is 1. The van der Waals surface area contributed by atoms with Gasteiger partial charge in [0, 0.05) is 23.2 Å². The van der Waals surface area contributed by atoms with Crippen molar-refractivity contribution in [1.29, 1.82) is 0 Å². The third-order valence-electron chi connectivity index (χ3n) is 2.17. The second kappa shape index (κ2) is 5.10. The predicted octanol–water partition coefficient (Wildman–Crippen LogP) is 1.96. The van der Waals surface area contributed by atoms with Gasteiger partial charge in [0.15, 0.2) is 5.78 Å². The summed E-state index contributed by atoms with van der Waals surface area (Å²) in [5.41, 5.74) is 6.41. The molecule has 0 radical (unpaired) electrons. The monoisotopic (exact) mass is 234 g/mol. The fraction of sp³-hybridized carbons (Fsp3) is 0.385. The van der Waals surface area contributed by atoms with Gasteiger partial charge in [-0.1, -0.05) is 12.1 Å². The number of Topliss-reactive ketones (excluding diaryl/α,β-unsaturated/α-hetero) is 1. The molecule has 4 nitrogen and oxygen atoms in total. The highest BCUT2D eigenvalue weighted by Crippen LogP contribution is 2.13. The molecule has 0 aliphatic rings. The Bertz CT molecular complexity index is 433. The largest absolute Gasteiger partial charge is 0.326 e. The highest BCUT2D eigenvalue weighted by atomic mass is 16.1. The van der Waals surface area contributed by atoms with E-state index < -0.39 is 5.54 Å². The zero-order valence-electron chi connectivity index (χ0n) is 10.4. The lowest BCUT2D eigenvalue weighted by atomic mass is 10.0. The number of nitrogens with two attached hydrogens (primary N) is 1. The van der Waals surface area contributed by atoms with Gasteiger partial charge in [0.25, 0.3) is 0 Å². The summed E-state index contributed by atoms with van der Waals surface area (Å²) in [5, 5.41) is 2.72. The van der Waals surface area contributed by atoms with Gasteiger partial charge in [-0.15, -0.1) is 0 Å². The molecule has 0 unspecified atom stereocenters. The molecule has 0 saturated carbocycles. The van der Waals surface area contributed by atoms with Gasteiger partial charge in [0.05, 0.1) is 0 Å². The molecule has 0 heterocycles. The summed E-state index contributed by atoms with van der Waals surface area (Å²) in [6.07, 6.45) is 0.233. The lowest BCUT2D eigenvalue weighted by Gasteiger charge is -2.17. The zero-order valence-corrected chi connectivity index (χ0v) is 10.4. The summed E-state index contributed by atoms with van der Waals surface area (Å²) in [6, 6.07) is 6.85. The van der Waals surface area contributed by atoms with Gasteiger partial charge in [-0.2, -0.15) is 0 Å². The maximum Gasteiger partial charge on any atom is 0.226 e. The first-order chi connectivity index (χ1) is 7.78. The van der Waals surface area contributed by atoms with Gasteiger partial charge in [0.1, 0.15) is 0 Å². The minimum Gasteiger partial charge on any atom is -0.326 e. The number of carbonyl (C=O) groups excluding carboxylic acids is 2. The fourth-order valence-corrected chi connectivity index (χ4v) is 1.43. The number of rotatable bonds is 4. The van der Waals surface area contributed by atoms with Crippen LogP contribution in [-0.4, -0.2) is 17.2 Å². The Morgan fingerprint density at radius 1 is 1.35 bits per heavy atom. The first-order valence-corrected chi connectivity index (χ1v) is 5.48. The van der Waals surface area contributed by atoms with Crippen molar-refractivity contribution in [3.05, 3.63) is 29.8 Å². The van der Waals surface area contributed by atoms with Crippen molar-refractivity contribution in [2.45, 2.75) is 32.7 Å². The molecule has 4 heteroatoms. The van der Waals surface area contributed by atoms with Gasteiger partial charge < -0.3 is 11.1 Å². The Kier molecular flexibility index (Phi) is 4.02. The Balaban J connectivity index is 2.72. The van der Waals surface area contributed by atoms with Crippen molar-refractivity contribution in [3.8, 4) is 0 Å². The fourth-order valence-electron chi connectivity index (χ4n) is 1.43. The molecule has 0 spiro atoms. The van der Waals surface area contributed by atoms with E-state index in [0.29, 0.717) is 11.3 Å². The number of hydrogen-bond acceptors (Lipinski definition) is 3. The van der Waals surface area contributed by atoms with E-state index in [0.717, 1.165) is 0 Å². The molecule has 17 heavy (non-hydrogen) atoms. The van der Waals surface area contributed by atoms with Crippen molar-refractivity contribution in [3.63, 3.8) is 0 Å². The van der Waals surface area contributed by atoms with Crippen LogP contribution in [0.5, 0.6) is 0 Å². The molecule has 0 aliphatic heterocycles. The highest BCUT2D eigenvalue weighted by Gasteiger charge is 2.16. The molecular formula is C13H18N2O2. The van der Waals surface area contributed by atoms with Crippen molar-refractivity contribution < 1.29 is 9.59 Å². The molecule has 0 aromatic heterocycles. The molecule has 0 bridgehead atoms. The van der Waals surface area contributed by atoms with Crippen LogP contribution in [0, 0.1) is 0 Å². The smallest absolute Gasteiger partial charge is 0.226 e. The first kappa shape index (κ1) is 13.4. The predicted molar refractivity (Wildman–Crippen MR) is 68.0 cm³/mol. The second-order valence-corrected chi connectivity index (χ2v) is 4.85. The standard InChI is InChI=1S/C13H18N2O2/c1-9(16)10-5-4-6-11(7-10)15-12(17)8-13(2,3)14/h4-7H,8,14H2,1-3H3,(H,15,17). The van der Waals surface area contributed by atoms with Crippen LogP contribution in [-0.2, 0) is 4.79 Å². The molecule has 3 N–H and O–H groups in total. The molecule has 0 atom stereocenters. The van der Waals surface area contributed by atoms with Crippen molar-refractivity contribution >= 4 is 17.4 Å². The van der Waals surface area contributed by atoms with Crippen LogP contribution in [0.4, 0.5) is 5.69 Å². The van der Waals surface area contributed by atoms with Crippen molar-refractivity contribution in [2.75, 3.05) is 5.32 Å². The topological polar surface area (TPSA) is 72.2 Å². The van der Waals surface area contributed by atoms with Crippen LogP contribution in [0.25, 0.3) is 0 Å². The van der Waals surface area contributed by atoms with Crippen LogP contribution in [0.1, 0.15) is 37.6 Å². The molecule has 92 valence electrons. The van der Waals surface area contributed by atoms with E-state index in [1.807, 2.05) is 0 Å². The third kappa shape index (κ3) is 4.78. The average molecular weight is 234 g/mol. The Labute approximate surface area is 101 Å². The van der Waals surface area contributed by atoms with Crippen LogP contribution in [0.15, 0.2) is 24.3 Å². The Morgan fingerprint density at radius 3 is 2.53 bits per heavy atom. The van der Waals surface area contributed by atoms with Gasteiger partial charge in [-0.05, 0) is 32.9 Å². The SMILES string of the molecule is CC(=O)c1cccc(NC(=O)CC(C)(C)N)c1. The normalized spacial score (nSPS) is 11.1. The number of anilines is 1. The van der Waals surface area contributed by atoms with Crippen molar-refractivity contribution in [1.82, 2.24) is 0 Å². The minimum absolute atomic E-state index is 0.0275. The number of nitrogens with one attached hydrogen (secondary N) is 1. The summed E-state index contributed by atoms with van der Waals surface area (Å²) in [6.45, 7) is 5.07. The summed E-state index contributed by atoms with van der Waals surface area (Å²) in [5.74, 6) is -0.182. The summed E-state index contributed by atoms with van der Waals surface area (Å²) in [7, 11) is 0. The minimum atomic E-state index is -0.539. The lowest BCUT2D eigenvalue weighted by molar-refractivity contribution is -0.117. The summed E-state index contributed by atoms with van der Waals surface area (Å²) < 4.78 is 0. The molecule has 1 rings (SSSR count). The third-order valence-corrected chi connectivity index (χ3v) is 2.17. The number of benzene rings is 1. The first-order valence-electron chi connectivity index (χ1n) is 5.48. The summed E-state index contributed by atoms with van der Waals surface area (Å²) >= 11 is 0. The summed E-state index contributed by atoms with van der Waals surface area (Å²) in [4.78, 5) is 22.8. The van der Waals surface area contributed by atoms with Gasteiger partial charge >= 0.3 is 0 Å². The second-order valence-electron chi connectivity index (χ2n) is 4.85. The quantitative estimate of drug-likeness (QED) is 0.782. The maximum absolute atomic E-state index is 11.6. The Morgan fingerprint density at radius 2 is 2.00 bits per heavy atom. The van der Waals surface area contributed by atoms with Crippen LogP contribution in [0.3, 0.4) is 0 Å². The molecule has 0 saturated heterocycles. The molecule has 1 amide bonds. The number of hydrogen-bond donors (Lipinski definition) is 2. The molecule has 1 aromatic carbocycles. The lowest BCUT2D eigenvalue weighted by Crippen LogP contribution is -2.36. The van der Waals surface area contributed by atoms with Crippen LogP contribution >= 0.6 is 0 Å². The molecule has 0 aliphatic carbocycles. The van der Waals surface area contributed by atoms with E-state index in [2.05, 4.69) is 5.32 Å². The van der Waals surface area contributed by atoms with Gasteiger partial charge in [-0.25, -0.2) is 0 Å². The van der Waals surface area contributed by atoms with Crippen molar-refractivity contribution in [2.24, 2.45) is 5.73 Å². The van der Waals surface area contributed by atoms with E-state index in [-0.39, 0.29) is 18.1 Å². The van der Waals surface area contributed by atoms with E-state index in [1.165, 1.54) is 6.92 Å². The number of carbonyl (C=O) groups is 2. The molecular weight excluding hydrogens is 216 g/mol. The van der Waals surface area contributed by atoms with Crippen LogP contribution < -0.4 is 11.1 Å². The maximum atomic E-state index is 11.6. The van der Waals surface area contributed by atoms with E-state index in [1.54, 1.807) is 38.1 Å². The Hall–Kier alpha value is -1.68. The molecule has 0 fully saturated rings. The van der Waals surface area contributed by atoms with E-state index in [9.17, 15) is 9.59 Å². The number of ketones is 1. The molecule has 1 aromatic rings. The average Bonchev–Trinajstić information content (AvgIpc) is 2.14. The van der Waals surface area contributed by atoms with Gasteiger partial charge in [0.2, 0.25) is 5.91 Å². The van der Waals surface area contributed by atoms with E-state index >= 15 is 0 Å². The van der Waals surface area contributed by atoms with Crippen LogP contribution in [0.2, 0.25) is 0 Å². The zero-order chi connectivity index (χ0) is 13.1. The van der Waals surface area contributed by atoms with Gasteiger partial charge in [-0.3, -0.25) is 9.59 Å².